The summed E-state index contributed by atoms with van der Waals surface area (Å²) < 4.78 is 0. The van der Waals surface area contributed by atoms with Crippen LogP contribution in [0.25, 0.3) is 0 Å². The van der Waals surface area contributed by atoms with Gasteiger partial charge in [0.1, 0.15) is 0 Å². The highest BCUT2D eigenvalue weighted by Crippen LogP contribution is 2.07. The van der Waals surface area contributed by atoms with Crippen molar-refractivity contribution >= 4 is 0 Å². The summed E-state index contributed by atoms with van der Waals surface area (Å²) >= 11 is 0. The smallest absolute Gasteiger partial charge is 0.0230 e. The third-order valence-electron chi connectivity index (χ3n) is 2.63. The lowest BCUT2D eigenvalue weighted by Gasteiger charge is -2.16. The molecular weight excluding hydrogens is 184 g/mol. The molecule has 0 saturated carbocycles. The van der Waals surface area contributed by atoms with Crippen molar-refractivity contribution in [2.75, 3.05) is 20.1 Å². The van der Waals surface area contributed by atoms with Crippen molar-refractivity contribution in [3.63, 3.8) is 0 Å². The fourth-order valence-corrected chi connectivity index (χ4v) is 1.63. The zero-order valence-electron chi connectivity index (χ0n) is 9.87. The van der Waals surface area contributed by atoms with Crippen LogP contribution in [-0.2, 0) is 13.0 Å². The molecule has 0 aromatic heterocycles. The van der Waals surface area contributed by atoms with Gasteiger partial charge in [0.05, 0.1) is 0 Å². The molecule has 0 atom stereocenters. The maximum absolute atomic E-state index is 5.48. The number of nitrogens with zero attached hydrogens (tertiary/aromatic N) is 1. The van der Waals surface area contributed by atoms with Gasteiger partial charge in [-0.05, 0) is 44.1 Å². The van der Waals surface area contributed by atoms with Gasteiger partial charge in [-0.3, -0.25) is 0 Å². The second-order valence-corrected chi connectivity index (χ2v) is 4.05. The van der Waals surface area contributed by atoms with E-state index in [1.807, 2.05) is 0 Å². The quantitative estimate of drug-likeness (QED) is 0.771. The summed E-state index contributed by atoms with van der Waals surface area (Å²) in [6.07, 6.45) is 2.19. The molecule has 0 unspecified atom stereocenters. The predicted molar refractivity (Wildman–Crippen MR) is 65.8 cm³/mol. The predicted octanol–water partition coefficient (Wildman–Crippen LogP) is 2.03. The third kappa shape index (κ3) is 4.45. The molecule has 2 N–H and O–H groups in total. The summed E-state index contributed by atoms with van der Waals surface area (Å²) in [5.74, 6) is 0. The van der Waals surface area contributed by atoms with Crippen LogP contribution in [0.2, 0.25) is 0 Å². The zero-order chi connectivity index (χ0) is 11.1. The normalized spacial score (nSPS) is 10.9. The Labute approximate surface area is 93.1 Å². The first-order valence-corrected chi connectivity index (χ1v) is 5.72. The molecule has 0 fully saturated rings. The molecule has 0 bridgehead atoms. The molecule has 15 heavy (non-hydrogen) atoms. The minimum Gasteiger partial charge on any atom is -0.330 e. The Kier molecular flexibility index (Phi) is 5.37. The SMILES string of the molecule is CCc1ccc(CN(C)CCCN)cc1. The molecule has 0 aliphatic carbocycles. The first kappa shape index (κ1) is 12.2. The van der Waals surface area contributed by atoms with E-state index >= 15 is 0 Å². The van der Waals surface area contributed by atoms with Crippen molar-refractivity contribution in [1.82, 2.24) is 4.90 Å². The van der Waals surface area contributed by atoms with Gasteiger partial charge in [0, 0.05) is 6.54 Å². The van der Waals surface area contributed by atoms with Crippen LogP contribution in [0, 0.1) is 0 Å². The summed E-state index contributed by atoms with van der Waals surface area (Å²) in [6.45, 7) is 5.05. The molecule has 0 saturated heterocycles. The van der Waals surface area contributed by atoms with Gasteiger partial charge in [0.25, 0.3) is 0 Å². The summed E-state index contributed by atoms with van der Waals surface area (Å²) in [7, 11) is 2.14. The highest BCUT2D eigenvalue weighted by molar-refractivity contribution is 5.22. The monoisotopic (exact) mass is 206 g/mol. The van der Waals surface area contributed by atoms with E-state index in [0.29, 0.717) is 0 Å². The largest absolute Gasteiger partial charge is 0.330 e. The van der Waals surface area contributed by atoms with E-state index in [0.717, 1.165) is 32.5 Å². The lowest BCUT2D eigenvalue weighted by atomic mass is 10.1. The van der Waals surface area contributed by atoms with Crippen LogP contribution in [0.15, 0.2) is 24.3 Å². The molecule has 1 aromatic rings. The number of hydrogen-bond acceptors (Lipinski definition) is 2. The second kappa shape index (κ2) is 6.59. The topological polar surface area (TPSA) is 29.3 Å². The van der Waals surface area contributed by atoms with E-state index in [1.54, 1.807) is 0 Å². The van der Waals surface area contributed by atoms with Crippen LogP contribution in [0.3, 0.4) is 0 Å². The summed E-state index contributed by atoms with van der Waals surface area (Å²) in [5, 5.41) is 0. The third-order valence-corrected chi connectivity index (χ3v) is 2.63. The molecule has 0 spiro atoms. The Morgan fingerprint density at radius 2 is 1.73 bits per heavy atom. The fourth-order valence-electron chi connectivity index (χ4n) is 1.63. The van der Waals surface area contributed by atoms with Gasteiger partial charge in [-0.15, -0.1) is 0 Å². The van der Waals surface area contributed by atoms with Gasteiger partial charge in [0.2, 0.25) is 0 Å². The Morgan fingerprint density at radius 1 is 1.13 bits per heavy atom. The van der Waals surface area contributed by atoms with Crippen LogP contribution >= 0.6 is 0 Å². The van der Waals surface area contributed by atoms with Gasteiger partial charge >= 0.3 is 0 Å². The molecule has 1 rings (SSSR count). The maximum Gasteiger partial charge on any atom is 0.0230 e. The summed E-state index contributed by atoms with van der Waals surface area (Å²) in [5.41, 5.74) is 8.27. The second-order valence-electron chi connectivity index (χ2n) is 4.05. The van der Waals surface area contributed by atoms with Gasteiger partial charge in [-0.25, -0.2) is 0 Å². The first-order valence-electron chi connectivity index (χ1n) is 5.72. The van der Waals surface area contributed by atoms with Crippen LogP contribution < -0.4 is 5.73 Å². The number of hydrogen-bond donors (Lipinski definition) is 1. The van der Waals surface area contributed by atoms with E-state index in [-0.39, 0.29) is 0 Å². The van der Waals surface area contributed by atoms with Crippen molar-refractivity contribution in [2.24, 2.45) is 5.73 Å². The van der Waals surface area contributed by atoms with Gasteiger partial charge in [-0.2, -0.15) is 0 Å². The highest BCUT2D eigenvalue weighted by atomic mass is 15.1. The fraction of sp³-hybridized carbons (Fsp3) is 0.538. The highest BCUT2D eigenvalue weighted by Gasteiger charge is 1.99. The molecule has 2 nitrogen and oxygen atoms in total. The Hall–Kier alpha value is -0.860. The number of aryl methyl sites for hydroxylation is 1. The number of benzene rings is 1. The van der Waals surface area contributed by atoms with E-state index in [2.05, 4.69) is 43.1 Å². The van der Waals surface area contributed by atoms with Crippen LogP contribution in [0.4, 0.5) is 0 Å². The van der Waals surface area contributed by atoms with Crippen LogP contribution in [0.1, 0.15) is 24.5 Å². The van der Waals surface area contributed by atoms with E-state index < -0.39 is 0 Å². The number of rotatable bonds is 6. The van der Waals surface area contributed by atoms with Crippen LogP contribution in [-0.4, -0.2) is 25.0 Å². The van der Waals surface area contributed by atoms with Crippen LogP contribution in [0.5, 0.6) is 0 Å². The summed E-state index contributed by atoms with van der Waals surface area (Å²) in [4.78, 5) is 2.31. The maximum atomic E-state index is 5.48. The van der Waals surface area contributed by atoms with Crippen molar-refractivity contribution < 1.29 is 0 Å². The molecule has 1 aromatic carbocycles. The molecule has 0 aliphatic heterocycles. The van der Waals surface area contributed by atoms with E-state index in [9.17, 15) is 0 Å². The van der Waals surface area contributed by atoms with Crippen molar-refractivity contribution in [3.05, 3.63) is 35.4 Å². The van der Waals surface area contributed by atoms with E-state index in [1.165, 1.54) is 11.1 Å². The van der Waals surface area contributed by atoms with Gasteiger partial charge < -0.3 is 10.6 Å². The minimum atomic E-state index is 0.777. The molecule has 84 valence electrons. The lowest BCUT2D eigenvalue weighted by molar-refractivity contribution is 0.324. The van der Waals surface area contributed by atoms with Crippen molar-refractivity contribution in [1.29, 1.82) is 0 Å². The molecule has 0 amide bonds. The average molecular weight is 206 g/mol. The Bertz CT molecular complexity index is 266. The average Bonchev–Trinajstić information content (AvgIpc) is 2.27. The number of nitrogens with two attached hydrogens (primary N) is 1. The molecular formula is C13H22N2. The molecule has 0 heterocycles. The molecule has 0 aliphatic rings. The van der Waals surface area contributed by atoms with Crippen molar-refractivity contribution in [2.45, 2.75) is 26.3 Å². The first-order chi connectivity index (χ1) is 7.26. The standard InChI is InChI=1S/C13H22N2/c1-3-12-5-7-13(8-6-12)11-15(2)10-4-9-14/h5-8H,3-4,9-11,14H2,1-2H3. The Balaban J connectivity index is 2.42. The van der Waals surface area contributed by atoms with Gasteiger partial charge in [-0.1, -0.05) is 31.2 Å². The Morgan fingerprint density at radius 3 is 2.27 bits per heavy atom. The zero-order valence-corrected chi connectivity index (χ0v) is 9.87. The summed E-state index contributed by atoms with van der Waals surface area (Å²) in [6, 6.07) is 8.87. The lowest BCUT2D eigenvalue weighted by Crippen LogP contribution is -2.21. The molecule has 0 radical (unpaired) electrons. The van der Waals surface area contributed by atoms with E-state index in [4.69, 9.17) is 5.73 Å². The van der Waals surface area contributed by atoms with Gasteiger partial charge in [0.15, 0.2) is 0 Å². The minimum absolute atomic E-state index is 0.777. The molecule has 2 heteroatoms. The van der Waals surface area contributed by atoms with Crippen molar-refractivity contribution in [3.8, 4) is 0 Å².